The highest BCUT2D eigenvalue weighted by molar-refractivity contribution is 6.42. The molecule has 5 atom stereocenters. The first-order valence-electron chi connectivity index (χ1n) is 11.6. The van der Waals surface area contributed by atoms with Gasteiger partial charge in [-0.05, 0) is 80.5 Å². The van der Waals surface area contributed by atoms with Crippen LogP contribution in [0, 0.1) is 23.7 Å². The predicted molar refractivity (Wildman–Crippen MR) is 129 cm³/mol. The molecule has 5 rings (SSSR count). The molecule has 0 aromatic heterocycles. The summed E-state index contributed by atoms with van der Waals surface area (Å²) in [5.74, 6) is -1.92. The Morgan fingerprint density at radius 1 is 0.943 bits per heavy atom. The maximum absolute atomic E-state index is 13.8. The molecule has 182 valence electrons. The fourth-order valence-corrected chi connectivity index (χ4v) is 6.21. The number of rotatable bonds is 6. The number of halogens is 2. The maximum atomic E-state index is 13.8. The van der Waals surface area contributed by atoms with Gasteiger partial charge in [0.05, 0.1) is 29.0 Å². The minimum Gasteiger partial charge on any atom is -0.497 e. The molecule has 0 unspecified atom stereocenters. The molecular formula is C26H24Cl2N2O5. The van der Waals surface area contributed by atoms with Crippen molar-refractivity contribution < 1.29 is 23.9 Å². The number of fused-ring (bicyclic) bond motifs is 5. The summed E-state index contributed by atoms with van der Waals surface area (Å²) in [6.45, 7) is 1.52. The lowest BCUT2D eigenvalue weighted by Gasteiger charge is -2.35. The zero-order valence-corrected chi connectivity index (χ0v) is 20.8. The fraction of sp³-hybridized carbons (Fsp3) is 0.385. The molecular weight excluding hydrogens is 491 g/mol. The van der Waals surface area contributed by atoms with Gasteiger partial charge in [-0.25, -0.2) is 5.01 Å². The summed E-state index contributed by atoms with van der Waals surface area (Å²) in [5.41, 5.74) is 0.444. The van der Waals surface area contributed by atoms with Gasteiger partial charge in [0.1, 0.15) is 11.8 Å². The van der Waals surface area contributed by atoms with Gasteiger partial charge in [0, 0.05) is 11.1 Å². The van der Waals surface area contributed by atoms with E-state index in [1.807, 2.05) is 0 Å². The van der Waals surface area contributed by atoms with Gasteiger partial charge < -0.3 is 4.74 Å². The number of benzene rings is 2. The van der Waals surface area contributed by atoms with Crippen LogP contribution in [0.25, 0.3) is 0 Å². The first-order chi connectivity index (χ1) is 16.7. The number of Topliss-reactive ketones (excluding diaryl/α,β-unsaturated/α-hetero) is 1. The highest BCUT2D eigenvalue weighted by atomic mass is 35.5. The van der Waals surface area contributed by atoms with E-state index in [-0.39, 0.29) is 27.4 Å². The number of nitrogens with zero attached hydrogens (tertiary/aromatic N) is 2. The van der Waals surface area contributed by atoms with Gasteiger partial charge in [0.25, 0.3) is 17.7 Å². The second-order valence-electron chi connectivity index (χ2n) is 9.42. The summed E-state index contributed by atoms with van der Waals surface area (Å²) in [4.78, 5) is 54.4. The van der Waals surface area contributed by atoms with E-state index < -0.39 is 41.4 Å². The van der Waals surface area contributed by atoms with Crippen molar-refractivity contribution in [2.45, 2.75) is 32.2 Å². The standard InChI is InChI=1S/C26H24Cl2N2O5/c1-13(23(31)14-5-8-18(35-2)9-6-14)29(24(32)17-7-10-19(27)20(28)12-17)30-25(33)21-15-3-4-16(11-15)22(21)26(30)34/h5-10,12-13,15-16,21-22H,3-4,11H2,1-2H3/t13-,15+,16+,21-,22+/m1/s1. The van der Waals surface area contributed by atoms with Gasteiger partial charge in [-0.3, -0.25) is 19.2 Å². The molecule has 3 aliphatic rings. The van der Waals surface area contributed by atoms with Crippen molar-refractivity contribution in [3.8, 4) is 5.75 Å². The van der Waals surface area contributed by atoms with Gasteiger partial charge in [0.15, 0.2) is 5.78 Å². The largest absolute Gasteiger partial charge is 0.497 e. The minimum absolute atomic E-state index is 0.120. The summed E-state index contributed by atoms with van der Waals surface area (Å²) in [7, 11) is 1.52. The van der Waals surface area contributed by atoms with Crippen molar-refractivity contribution in [2.75, 3.05) is 7.11 Å². The Hall–Kier alpha value is -2.90. The lowest BCUT2D eigenvalue weighted by atomic mass is 9.81. The Bertz CT molecular complexity index is 1200. The number of imide groups is 1. The van der Waals surface area contributed by atoms with Gasteiger partial charge in [-0.15, -0.1) is 0 Å². The van der Waals surface area contributed by atoms with Crippen molar-refractivity contribution >= 4 is 46.7 Å². The summed E-state index contributed by atoms with van der Waals surface area (Å²) in [6.07, 6.45) is 2.67. The molecule has 0 N–H and O–H groups in total. The van der Waals surface area contributed by atoms with E-state index in [1.165, 1.54) is 32.2 Å². The molecule has 35 heavy (non-hydrogen) atoms. The van der Waals surface area contributed by atoms with Gasteiger partial charge in [-0.2, -0.15) is 5.01 Å². The van der Waals surface area contributed by atoms with E-state index in [4.69, 9.17) is 27.9 Å². The molecule has 0 spiro atoms. The zero-order valence-electron chi connectivity index (χ0n) is 19.2. The Kier molecular flexibility index (Phi) is 6.09. The van der Waals surface area contributed by atoms with E-state index in [2.05, 4.69) is 0 Å². The van der Waals surface area contributed by atoms with E-state index in [1.54, 1.807) is 24.3 Å². The van der Waals surface area contributed by atoms with Crippen LogP contribution < -0.4 is 4.74 Å². The lowest BCUT2D eigenvalue weighted by molar-refractivity contribution is -0.157. The van der Waals surface area contributed by atoms with Crippen molar-refractivity contribution in [2.24, 2.45) is 23.7 Å². The predicted octanol–water partition coefficient (Wildman–Crippen LogP) is 4.66. The fourth-order valence-electron chi connectivity index (χ4n) is 5.91. The molecule has 1 heterocycles. The summed E-state index contributed by atoms with van der Waals surface area (Å²) in [5, 5.41) is 2.35. The van der Waals surface area contributed by atoms with E-state index in [9.17, 15) is 19.2 Å². The van der Waals surface area contributed by atoms with Crippen LogP contribution in [0.2, 0.25) is 10.0 Å². The molecule has 3 fully saturated rings. The maximum Gasteiger partial charge on any atom is 0.273 e. The van der Waals surface area contributed by atoms with Crippen molar-refractivity contribution in [1.29, 1.82) is 0 Å². The highest BCUT2D eigenvalue weighted by Crippen LogP contribution is 2.56. The van der Waals surface area contributed by atoms with Crippen LogP contribution in [0.4, 0.5) is 0 Å². The number of hydrazine groups is 1. The van der Waals surface area contributed by atoms with E-state index in [0.29, 0.717) is 11.3 Å². The third kappa shape index (κ3) is 3.81. The third-order valence-electron chi connectivity index (χ3n) is 7.62. The molecule has 2 aliphatic carbocycles. The first kappa shape index (κ1) is 23.8. The van der Waals surface area contributed by atoms with Crippen molar-refractivity contribution in [3.05, 3.63) is 63.6 Å². The molecule has 2 saturated carbocycles. The van der Waals surface area contributed by atoms with Crippen LogP contribution in [-0.2, 0) is 9.59 Å². The smallest absolute Gasteiger partial charge is 0.273 e. The molecule has 7 nitrogen and oxygen atoms in total. The second-order valence-corrected chi connectivity index (χ2v) is 10.2. The SMILES string of the molecule is COc1ccc(C(=O)[C@@H](C)N(C(=O)c2ccc(Cl)c(Cl)c2)N2C(=O)[C@@H]3[C@H]4CC[C@@H](C4)[C@@H]3C2=O)cc1. The second kappa shape index (κ2) is 8.95. The van der Waals surface area contributed by atoms with E-state index in [0.717, 1.165) is 29.3 Å². The Morgan fingerprint density at radius 2 is 1.51 bits per heavy atom. The third-order valence-corrected chi connectivity index (χ3v) is 8.35. The Morgan fingerprint density at radius 3 is 2.06 bits per heavy atom. The molecule has 2 bridgehead atoms. The van der Waals surface area contributed by atoms with Crippen molar-refractivity contribution in [3.63, 3.8) is 0 Å². The number of methoxy groups -OCH3 is 1. The molecule has 9 heteroatoms. The number of hydrogen-bond donors (Lipinski definition) is 0. The number of hydrogen-bond acceptors (Lipinski definition) is 5. The van der Waals surface area contributed by atoms with Crippen LogP contribution in [-0.4, -0.2) is 46.7 Å². The summed E-state index contributed by atoms with van der Waals surface area (Å²) < 4.78 is 5.15. The normalized spacial score (nSPS) is 25.5. The molecule has 3 amide bonds. The highest BCUT2D eigenvalue weighted by Gasteiger charge is 2.63. The average Bonchev–Trinajstić information content (AvgIpc) is 3.55. The molecule has 2 aromatic carbocycles. The van der Waals surface area contributed by atoms with Crippen LogP contribution in [0.3, 0.4) is 0 Å². The Labute approximate surface area is 212 Å². The van der Waals surface area contributed by atoms with Gasteiger partial charge in [0.2, 0.25) is 0 Å². The minimum atomic E-state index is -1.13. The topological polar surface area (TPSA) is 84.0 Å². The van der Waals surface area contributed by atoms with Crippen LogP contribution in [0.15, 0.2) is 42.5 Å². The quantitative estimate of drug-likeness (QED) is 0.413. The first-order valence-corrected chi connectivity index (χ1v) is 12.3. The van der Waals surface area contributed by atoms with Crippen molar-refractivity contribution in [1.82, 2.24) is 10.0 Å². The van der Waals surface area contributed by atoms with Crippen LogP contribution >= 0.6 is 23.2 Å². The van der Waals surface area contributed by atoms with Crippen LogP contribution in [0.1, 0.15) is 46.9 Å². The van der Waals surface area contributed by atoms with Gasteiger partial charge >= 0.3 is 0 Å². The zero-order chi connectivity index (χ0) is 25.0. The Balaban J connectivity index is 1.54. The lowest BCUT2D eigenvalue weighted by Crippen LogP contribution is -2.56. The number of carbonyl (C=O) groups is 4. The van der Waals surface area contributed by atoms with Crippen LogP contribution in [0.5, 0.6) is 5.75 Å². The molecule has 1 saturated heterocycles. The molecule has 0 radical (unpaired) electrons. The molecule has 2 aromatic rings. The van der Waals surface area contributed by atoms with Gasteiger partial charge in [-0.1, -0.05) is 23.2 Å². The average molecular weight is 515 g/mol. The number of ketones is 1. The number of amides is 3. The number of ether oxygens (including phenoxy) is 1. The summed E-state index contributed by atoms with van der Waals surface area (Å²) >= 11 is 12.2. The molecule has 1 aliphatic heterocycles. The monoisotopic (exact) mass is 514 g/mol. The van der Waals surface area contributed by atoms with E-state index >= 15 is 0 Å². The summed E-state index contributed by atoms with van der Waals surface area (Å²) in [6, 6.07) is 9.62. The number of carbonyl (C=O) groups excluding carboxylic acids is 4.